The molecule has 0 bridgehead atoms. The van der Waals surface area contributed by atoms with Crippen LogP contribution in [0.5, 0.6) is 0 Å². The summed E-state index contributed by atoms with van der Waals surface area (Å²) in [7, 11) is 1.74. The van der Waals surface area contributed by atoms with Gasteiger partial charge in [0, 0.05) is 44.0 Å². The van der Waals surface area contributed by atoms with Gasteiger partial charge in [0.15, 0.2) is 5.82 Å². The first-order chi connectivity index (χ1) is 17.8. The number of fused-ring (bicyclic) bond motifs is 2. The molecule has 0 spiro atoms. The Morgan fingerprint density at radius 3 is 2.54 bits per heavy atom. The van der Waals surface area contributed by atoms with Gasteiger partial charge in [-0.1, -0.05) is 6.92 Å². The molecule has 2 aromatic carbocycles. The number of imidazole rings is 1. The number of hydrogen-bond donors (Lipinski definition) is 1. The van der Waals surface area contributed by atoms with E-state index in [0.717, 1.165) is 17.7 Å². The van der Waals surface area contributed by atoms with E-state index in [1.807, 2.05) is 0 Å². The summed E-state index contributed by atoms with van der Waals surface area (Å²) in [5.41, 5.74) is 3.79. The van der Waals surface area contributed by atoms with E-state index in [1.54, 1.807) is 66.9 Å². The molecule has 1 aliphatic heterocycles. The molecule has 0 aliphatic carbocycles. The standard InChI is InChI=1S/C27H27F2N7O/c1-5-17-12-21-19(13-30-17)26(36(32-21)18-10-15(2)24(28)16(3)11-18)35-9-8-34(27(35)37)23-7-6-22-20(25(23)29)14-31-33(22)4/h6-11,14,17,30H,5,12-13H2,1-4H3. The first-order valence-corrected chi connectivity index (χ1v) is 12.3. The van der Waals surface area contributed by atoms with Crippen LogP contribution in [0.1, 0.15) is 35.7 Å². The molecule has 3 aromatic heterocycles. The van der Waals surface area contributed by atoms with Gasteiger partial charge in [-0.25, -0.2) is 18.3 Å². The number of halogens is 2. The number of benzene rings is 2. The van der Waals surface area contributed by atoms with E-state index >= 15 is 4.39 Å². The van der Waals surface area contributed by atoms with Crippen molar-refractivity contribution in [3.63, 3.8) is 0 Å². The predicted octanol–water partition coefficient (Wildman–Crippen LogP) is 4.02. The van der Waals surface area contributed by atoms with Crippen molar-refractivity contribution in [3.8, 4) is 17.2 Å². The molecule has 1 aliphatic rings. The fraction of sp³-hybridized carbons (Fsp3) is 0.296. The molecular weight excluding hydrogens is 476 g/mol. The smallest absolute Gasteiger partial charge is 0.309 e. The summed E-state index contributed by atoms with van der Waals surface area (Å²) in [6, 6.07) is 7.06. The van der Waals surface area contributed by atoms with E-state index in [2.05, 4.69) is 17.3 Å². The van der Waals surface area contributed by atoms with Gasteiger partial charge >= 0.3 is 5.69 Å². The highest BCUT2D eigenvalue weighted by atomic mass is 19.1. The van der Waals surface area contributed by atoms with Crippen LogP contribution >= 0.6 is 0 Å². The lowest BCUT2D eigenvalue weighted by Crippen LogP contribution is -2.35. The van der Waals surface area contributed by atoms with Crippen molar-refractivity contribution in [1.29, 1.82) is 0 Å². The molecule has 6 rings (SSSR count). The molecule has 1 N–H and O–H groups in total. The molecule has 1 unspecified atom stereocenters. The molecule has 37 heavy (non-hydrogen) atoms. The molecule has 0 saturated heterocycles. The lowest BCUT2D eigenvalue weighted by atomic mass is 10.0. The Hall–Kier alpha value is -4.05. The van der Waals surface area contributed by atoms with Gasteiger partial charge in [-0.3, -0.25) is 13.8 Å². The second-order valence-corrected chi connectivity index (χ2v) is 9.66. The zero-order chi connectivity index (χ0) is 26.0. The first-order valence-electron chi connectivity index (χ1n) is 12.3. The maximum atomic E-state index is 15.4. The maximum absolute atomic E-state index is 15.4. The quantitative estimate of drug-likeness (QED) is 0.402. The summed E-state index contributed by atoms with van der Waals surface area (Å²) < 4.78 is 35.9. The van der Waals surface area contributed by atoms with Crippen molar-refractivity contribution in [3.05, 3.63) is 87.4 Å². The minimum Gasteiger partial charge on any atom is -0.309 e. The summed E-state index contributed by atoms with van der Waals surface area (Å²) >= 11 is 0. The van der Waals surface area contributed by atoms with Crippen molar-refractivity contribution in [2.45, 2.75) is 46.2 Å². The SMILES string of the molecule is CCC1Cc2nn(-c3cc(C)c(F)c(C)c3)c(-n3ccn(-c4ccc5c(cnn5C)c4F)c3=O)c2CN1. The highest BCUT2D eigenvalue weighted by Crippen LogP contribution is 2.29. The Morgan fingerprint density at radius 1 is 1.08 bits per heavy atom. The Kier molecular flexibility index (Phi) is 5.38. The Morgan fingerprint density at radius 2 is 1.81 bits per heavy atom. The third-order valence-corrected chi connectivity index (χ3v) is 7.32. The van der Waals surface area contributed by atoms with Gasteiger partial charge in [-0.2, -0.15) is 10.2 Å². The second-order valence-electron chi connectivity index (χ2n) is 9.66. The Bertz CT molecular complexity index is 1720. The average molecular weight is 504 g/mol. The van der Waals surface area contributed by atoms with Crippen LogP contribution in [-0.2, 0) is 20.0 Å². The van der Waals surface area contributed by atoms with Crippen molar-refractivity contribution in [2.75, 3.05) is 0 Å². The largest absolute Gasteiger partial charge is 0.338 e. The average Bonchev–Trinajstić information content (AvgIpc) is 3.57. The Labute approximate surface area is 211 Å². The normalized spacial score (nSPS) is 15.5. The molecule has 0 amide bonds. The van der Waals surface area contributed by atoms with E-state index < -0.39 is 11.5 Å². The van der Waals surface area contributed by atoms with Crippen LogP contribution in [0, 0.1) is 25.5 Å². The second kappa shape index (κ2) is 8.52. The minimum absolute atomic E-state index is 0.141. The highest BCUT2D eigenvalue weighted by molar-refractivity contribution is 5.81. The molecular formula is C27H27F2N7O. The lowest BCUT2D eigenvalue weighted by Gasteiger charge is -2.22. The van der Waals surface area contributed by atoms with E-state index in [1.165, 1.54) is 15.3 Å². The Balaban J connectivity index is 1.56. The van der Waals surface area contributed by atoms with Gasteiger partial charge in [-0.05, 0) is 55.7 Å². The van der Waals surface area contributed by atoms with Crippen LogP contribution in [0.2, 0.25) is 0 Å². The third kappa shape index (κ3) is 3.54. The fourth-order valence-electron chi connectivity index (χ4n) is 5.23. The monoisotopic (exact) mass is 503 g/mol. The van der Waals surface area contributed by atoms with Crippen LogP contribution in [-0.4, -0.2) is 34.7 Å². The highest BCUT2D eigenvalue weighted by Gasteiger charge is 2.28. The maximum Gasteiger partial charge on any atom is 0.338 e. The summed E-state index contributed by atoms with van der Waals surface area (Å²) in [5.74, 6) is -0.216. The van der Waals surface area contributed by atoms with Gasteiger partial charge in [-0.15, -0.1) is 0 Å². The summed E-state index contributed by atoms with van der Waals surface area (Å²) in [6.45, 7) is 6.08. The van der Waals surface area contributed by atoms with E-state index in [-0.39, 0.29) is 17.5 Å². The topological polar surface area (TPSA) is 74.6 Å². The van der Waals surface area contributed by atoms with Crippen molar-refractivity contribution in [2.24, 2.45) is 7.05 Å². The summed E-state index contributed by atoms with van der Waals surface area (Å²) in [4.78, 5) is 13.8. The zero-order valence-electron chi connectivity index (χ0n) is 21.1. The number of nitrogens with one attached hydrogen (secondary N) is 1. The molecule has 0 saturated carbocycles. The number of hydrogen-bond acceptors (Lipinski definition) is 4. The van der Waals surface area contributed by atoms with Crippen LogP contribution in [0.25, 0.3) is 28.1 Å². The number of aromatic nitrogens is 6. The van der Waals surface area contributed by atoms with Gasteiger partial charge in [0.05, 0.1) is 34.2 Å². The van der Waals surface area contributed by atoms with Gasteiger partial charge < -0.3 is 5.32 Å². The van der Waals surface area contributed by atoms with Gasteiger partial charge in [0.1, 0.15) is 11.6 Å². The van der Waals surface area contributed by atoms with E-state index in [9.17, 15) is 9.18 Å². The zero-order valence-corrected chi connectivity index (χ0v) is 21.1. The summed E-state index contributed by atoms with van der Waals surface area (Å²) in [5, 5.41) is 12.9. The lowest BCUT2D eigenvalue weighted by molar-refractivity contribution is 0.463. The molecule has 1 atom stereocenters. The number of nitrogens with zero attached hydrogens (tertiary/aromatic N) is 6. The molecule has 8 nitrogen and oxygen atoms in total. The van der Waals surface area contributed by atoms with Gasteiger partial charge in [0.2, 0.25) is 0 Å². The summed E-state index contributed by atoms with van der Waals surface area (Å²) in [6.07, 6.45) is 6.29. The molecule has 5 aromatic rings. The predicted molar refractivity (Wildman–Crippen MR) is 137 cm³/mol. The molecule has 4 heterocycles. The minimum atomic E-state index is -0.516. The molecule has 0 radical (unpaired) electrons. The number of aryl methyl sites for hydroxylation is 3. The fourth-order valence-corrected chi connectivity index (χ4v) is 5.23. The van der Waals surface area contributed by atoms with Crippen molar-refractivity contribution in [1.82, 2.24) is 34.0 Å². The molecule has 190 valence electrons. The van der Waals surface area contributed by atoms with Crippen LogP contribution in [0.3, 0.4) is 0 Å². The first kappa shape index (κ1) is 23.4. The van der Waals surface area contributed by atoms with Crippen LogP contribution < -0.4 is 11.0 Å². The third-order valence-electron chi connectivity index (χ3n) is 7.32. The van der Waals surface area contributed by atoms with Crippen LogP contribution in [0.4, 0.5) is 8.78 Å². The molecule has 0 fully saturated rings. The molecule has 10 heteroatoms. The van der Waals surface area contributed by atoms with E-state index in [0.29, 0.717) is 46.5 Å². The van der Waals surface area contributed by atoms with Crippen molar-refractivity contribution < 1.29 is 8.78 Å². The van der Waals surface area contributed by atoms with Gasteiger partial charge in [0.25, 0.3) is 0 Å². The van der Waals surface area contributed by atoms with E-state index in [4.69, 9.17) is 5.10 Å². The van der Waals surface area contributed by atoms with Crippen LogP contribution in [0.15, 0.2) is 47.7 Å². The van der Waals surface area contributed by atoms with Crippen molar-refractivity contribution >= 4 is 10.9 Å². The number of rotatable bonds is 4.